The van der Waals surface area contributed by atoms with E-state index in [2.05, 4.69) is 39.9 Å². The SMILES string of the molecule is CCCCCCOc1ccc(C2C3=C(CC(C)(C)CC3=O)NC3=C2C(=O)CC(C)(C)C3)cc1OCC. The third kappa shape index (κ3) is 5.55. The number of hydrogen-bond donors (Lipinski definition) is 1. The van der Waals surface area contributed by atoms with Gasteiger partial charge in [-0.25, -0.2) is 0 Å². The Balaban J connectivity index is 1.75. The molecule has 3 aliphatic rings. The van der Waals surface area contributed by atoms with Crippen molar-refractivity contribution >= 4 is 11.6 Å². The summed E-state index contributed by atoms with van der Waals surface area (Å²) in [6, 6.07) is 5.97. The molecule has 1 aromatic carbocycles. The molecular formula is C31H43NO4. The van der Waals surface area contributed by atoms with E-state index in [0.717, 1.165) is 59.5 Å². The van der Waals surface area contributed by atoms with Gasteiger partial charge in [0.2, 0.25) is 0 Å². The first kappa shape index (κ1) is 26.5. The molecule has 0 atom stereocenters. The van der Waals surface area contributed by atoms with Crippen molar-refractivity contribution in [3.8, 4) is 11.5 Å². The van der Waals surface area contributed by atoms with Crippen molar-refractivity contribution in [1.82, 2.24) is 5.32 Å². The monoisotopic (exact) mass is 493 g/mol. The number of nitrogens with one attached hydrogen (secondary N) is 1. The van der Waals surface area contributed by atoms with Gasteiger partial charge >= 0.3 is 0 Å². The summed E-state index contributed by atoms with van der Waals surface area (Å²) >= 11 is 0. The lowest BCUT2D eigenvalue weighted by molar-refractivity contribution is -0.119. The van der Waals surface area contributed by atoms with Crippen LogP contribution in [0.5, 0.6) is 11.5 Å². The Morgan fingerprint density at radius 2 is 1.42 bits per heavy atom. The normalized spacial score (nSPS) is 21.2. The minimum atomic E-state index is -0.360. The van der Waals surface area contributed by atoms with Crippen molar-refractivity contribution in [3.63, 3.8) is 0 Å². The fourth-order valence-corrected chi connectivity index (χ4v) is 6.02. The van der Waals surface area contributed by atoms with Gasteiger partial charge in [0.15, 0.2) is 23.1 Å². The highest BCUT2D eigenvalue weighted by atomic mass is 16.5. The summed E-state index contributed by atoms with van der Waals surface area (Å²) in [5, 5.41) is 3.59. The zero-order valence-electron chi connectivity index (χ0n) is 23.0. The summed E-state index contributed by atoms with van der Waals surface area (Å²) in [5.74, 6) is 1.32. The van der Waals surface area contributed by atoms with Gasteiger partial charge in [0.1, 0.15) is 0 Å². The van der Waals surface area contributed by atoms with Crippen LogP contribution in [0.25, 0.3) is 0 Å². The minimum absolute atomic E-state index is 0.105. The first-order chi connectivity index (χ1) is 17.0. The molecule has 1 aromatic rings. The summed E-state index contributed by atoms with van der Waals surface area (Å²) < 4.78 is 12.1. The van der Waals surface area contributed by atoms with Crippen LogP contribution in [0.1, 0.15) is 104 Å². The van der Waals surface area contributed by atoms with Crippen LogP contribution in [0.15, 0.2) is 40.7 Å². The molecule has 2 aliphatic carbocycles. The summed E-state index contributed by atoms with van der Waals surface area (Å²) in [4.78, 5) is 27.1. The van der Waals surface area contributed by atoms with E-state index >= 15 is 0 Å². The maximum Gasteiger partial charge on any atom is 0.162 e. The highest BCUT2D eigenvalue weighted by Crippen LogP contribution is 2.51. The molecule has 0 unspecified atom stereocenters. The van der Waals surface area contributed by atoms with Crippen molar-refractivity contribution in [2.24, 2.45) is 10.8 Å². The van der Waals surface area contributed by atoms with Crippen LogP contribution in [0.4, 0.5) is 0 Å². The zero-order chi connectivity index (χ0) is 26.1. The number of Topliss-reactive ketones (excluding diaryl/α,β-unsaturated/α-hetero) is 2. The largest absolute Gasteiger partial charge is 0.490 e. The topological polar surface area (TPSA) is 64.6 Å². The highest BCUT2D eigenvalue weighted by molar-refractivity contribution is 6.06. The molecule has 5 nitrogen and oxygen atoms in total. The molecule has 196 valence electrons. The standard InChI is InChI=1S/C31H43NO4/c1-7-9-10-11-14-36-25-13-12-20(15-26(25)35-8-2)27-28-21(16-30(3,4)18-23(28)33)32-22-17-31(5,6)19-24(34)29(22)27/h12-13,15,27,32H,7-11,14,16-19H2,1-6H3. The second-order valence-corrected chi connectivity index (χ2v) is 12.3. The van der Waals surface area contributed by atoms with Crippen molar-refractivity contribution in [2.75, 3.05) is 13.2 Å². The predicted octanol–water partition coefficient (Wildman–Crippen LogP) is 7.02. The number of carbonyl (C=O) groups is 2. The van der Waals surface area contributed by atoms with Crippen LogP contribution in [0.2, 0.25) is 0 Å². The van der Waals surface area contributed by atoms with Gasteiger partial charge in [-0.1, -0.05) is 59.9 Å². The molecular weight excluding hydrogens is 450 g/mol. The van der Waals surface area contributed by atoms with Gasteiger partial charge in [0, 0.05) is 41.3 Å². The van der Waals surface area contributed by atoms with Crippen molar-refractivity contribution in [1.29, 1.82) is 0 Å². The van der Waals surface area contributed by atoms with Gasteiger partial charge in [-0.05, 0) is 54.7 Å². The molecule has 0 saturated carbocycles. The fourth-order valence-electron chi connectivity index (χ4n) is 6.02. The van der Waals surface area contributed by atoms with E-state index in [9.17, 15) is 9.59 Å². The lowest BCUT2D eigenvalue weighted by Crippen LogP contribution is -2.42. The van der Waals surface area contributed by atoms with Crippen molar-refractivity contribution in [2.45, 2.75) is 98.8 Å². The van der Waals surface area contributed by atoms with E-state index < -0.39 is 0 Å². The number of ketones is 2. The van der Waals surface area contributed by atoms with Gasteiger partial charge < -0.3 is 14.8 Å². The number of unbranched alkanes of at least 4 members (excludes halogenated alkanes) is 3. The number of rotatable bonds is 9. The van der Waals surface area contributed by atoms with Gasteiger partial charge in [-0.2, -0.15) is 0 Å². The van der Waals surface area contributed by atoms with Crippen LogP contribution in [0, 0.1) is 10.8 Å². The Kier molecular flexibility index (Phi) is 7.68. The third-order valence-electron chi connectivity index (χ3n) is 7.58. The second-order valence-electron chi connectivity index (χ2n) is 12.3. The molecule has 1 heterocycles. The Morgan fingerprint density at radius 3 is 1.97 bits per heavy atom. The van der Waals surface area contributed by atoms with E-state index in [-0.39, 0.29) is 28.3 Å². The summed E-state index contributed by atoms with van der Waals surface area (Å²) in [6.07, 6.45) is 7.14. The summed E-state index contributed by atoms with van der Waals surface area (Å²) in [7, 11) is 0. The van der Waals surface area contributed by atoms with Crippen molar-refractivity contribution < 1.29 is 19.1 Å². The van der Waals surface area contributed by atoms with Crippen molar-refractivity contribution in [3.05, 3.63) is 46.3 Å². The smallest absolute Gasteiger partial charge is 0.162 e. The van der Waals surface area contributed by atoms with Gasteiger partial charge in [-0.3, -0.25) is 9.59 Å². The quantitative estimate of drug-likeness (QED) is 0.375. The lowest BCUT2D eigenvalue weighted by Gasteiger charge is -2.44. The highest BCUT2D eigenvalue weighted by Gasteiger charge is 2.46. The number of allylic oxidation sites excluding steroid dienone is 4. The van der Waals surface area contributed by atoms with Crippen LogP contribution < -0.4 is 14.8 Å². The zero-order valence-corrected chi connectivity index (χ0v) is 23.0. The molecule has 1 aliphatic heterocycles. The minimum Gasteiger partial charge on any atom is -0.490 e. The molecule has 0 amide bonds. The first-order valence-electron chi connectivity index (χ1n) is 13.7. The Bertz CT molecular complexity index is 1040. The van der Waals surface area contributed by atoms with E-state index in [1.54, 1.807) is 0 Å². The number of dihydropyridines is 1. The second kappa shape index (κ2) is 10.4. The molecule has 5 heteroatoms. The number of carbonyl (C=O) groups excluding carboxylic acids is 2. The molecule has 1 N–H and O–H groups in total. The van der Waals surface area contributed by atoms with Crippen LogP contribution >= 0.6 is 0 Å². The van der Waals surface area contributed by atoms with Gasteiger partial charge in [0.25, 0.3) is 0 Å². The van der Waals surface area contributed by atoms with E-state index in [1.807, 2.05) is 25.1 Å². The maximum atomic E-state index is 13.6. The number of benzene rings is 1. The van der Waals surface area contributed by atoms with E-state index in [4.69, 9.17) is 9.47 Å². The molecule has 0 saturated heterocycles. The summed E-state index contributed by atoms with van der Waals surface area (Å²) in [6.45, 7) is 13.9. The Morgan fingerprint density at radius 1 is 0.806 bits per heavy atom. The molecule has 4 rings (SSSR count). The van der Waals surface area contributed by atoms with E-state index in [0.29, 0.717) is 31.8 Å². The molecule has 0 radical (unpaired) electrons. The molecule has 0 fully saturated rings. The predicted molar refractivity (Wildman–Crippen MR) is 143 cm³/mol. The maximum absolute atomic E-state index is 13.6. The molecule has 0 bridgehead atoms. The molecule has 0 spiro atoms. The van der Waals surface area contributed by atoms with Crippen LogP contribution in [-0.4, -0.2) is 24.8 Å². The fraction of sp³-hybridized carbons (Fsp3) is 0.613. The Hall–Kier alpha value is -2.56. The first-order valence-corrected chi connectivity index (χ1v) is 13.7. The van der Waals surface area contributed by atoms with Crippen LogP contribution in [0.3, 0.4) is 0 Å². The average Bonchev–Trinajstić information content (AvgIpc) is 2.77. The van der Waals surface area contributed by atoms with Gasteiger partial charge in [-0.15, -0.1) is 0 Å². The van der Waals surface area contributed by atoms with Gasteiger partial charge in [0.05, 0.1) is 13.2 Å². The summed E-state index contributed by atoms with van der Waals surface area (Å²) in [5.41, 5.74) is 4.21. The third-order valence-corrected chi connectivity index (χ3v) is 7.58. The van der Waals surface area contributed by atoms with E-state index in [1.165, 1.54) is 12.8 Å². The van der Waals surface area contributed by atoms with Crippen LogP contribution in [-0.2, 0) is 9.59 Å². The molecule has 36 heavy (non-hydrogen) atoms. The molecule has 0 aromatic heterocycles. The number of ether oxygens (including phenoxy) is 2. The number of hydrogen-bond acceptors (Lipinski definition) is 5. The lowest BCUT2D eigenvalue weighted by atomic mass is 9.64. The average molecular weight is 494 g/mol. The Labute approximate surface area is 216 Å².